The van der Waals surface area contributed by atoms with E-state index in [0.717, 1.165) is 19.6 Å². The molecule has 5 nitrogen and oxygen atoms in total. The molecule has 0 aromatic carbocycles. The summed E-state index contributed by atoms with van der Waals surface area (Å²) in [6.45, 7) is 3.66. The lowest BCUT2D eigenvalue weighted by molar-refractivity contribution is -0.130. The van der Waals surface area contributed by atoms with E-state index in [1.807, 2.05) is 7.05 Å². The molecule has 0 unspecified atom stereocenters. The van der Waals surface area contributed by atoms with Crippen molar-refractivity contribution in [3.8, 4) is 0 Å². The van der Waals surface area contributed by atoms with Gasteiger partial charge in [0.2, 0.25) is 5.91 Å². The number of thiocarbonyl (C=S) groups is 1. The highest BCUT2D eigenvalue weighted by molar-refractivity contribution is 7.80. The Morgan fingerprint density at radius 3 is 2.35 bits per heavy atom. The third-order valence-corrected chi connectivity index (χ3v) is 4.25. The third-order valence-electron chi connectivity index (χ3n) is 4.05. The Hall–Kier alpha value is -0.720. The molecule has 1 fully saturated rings. The van der Waals surface area contributed by atoms with Crippen molar-refractivity contribution in [3.63, 3.8) is 0 Å². The van der Waals surface area contributed by atoms with Gasteiger partial charge in [0.05, 0.1) is 4.99 Å². The van der Waals surface area contributed by atoms with Crippen LogP contribution < -0.4 is 5.73 Å². The smallest absolute Gasteiger partial charge is 0.223 e. The largest absolute Gasteiger partial charge is 0.393 e. The van der Waals surface area contributed by atoms with Gasteiger partial charge in [0, 0.05) is 39.0 Å². The number of piperidine rings is 1. The number of rotatable bonds is 7. The summed E-state index contributed by atoms with van der Waals surface area (Å²) in [7, 11) is 6.10. The lowest BCUT2D eigenvalue weighted by atomic mass is 10.0. The quantitative estimate of drug-likeness (QED) is 0.696. The number of amides is 1. The van der Waals surface area contributed by atoms with Gasteiger partial charge in [-0.1, -0.05) is 12.2 Å². The summed E-state index contributed by atoms with van der Waals surface area (Å²) in [4.78, 5) is 18.9. The van der Waals surface area contributed by atoms with E-state index in [9.17, 15) is 4.79 Å². The summed E-state index contributed by atoms with van der Waals surface area (Å²) < 4.78 is 0. The van der Waals surface area contributed by atoms with Crippen molar-refractivity contribution in [3.05, 3.63) is 0 Å². The number of likely N-dealkylation sites (tertiary alicyclic amines) is 1. The first-order valence-electron chi connectivity index (χ1n) is 7.31. The highest BCUT2D eigenvalue weighted by atomic mass is 32.1. The van der Waals surface area contributed by atoms with Crippen molar-refractivity contribution >= 4 is 23.1 Å². The molecular formula is C14H28N4OS. The van der Waals surface area contributed by atoms with Gasteiger partial charge in [0.15, 0.2) is 0 Å². The Labute approximate surface area is 128 Å². The second kappa shape index (κ2) is 8.54. The van der Waals surface area contributed by atoms with Crippen LogP contribution >= 0.6 is 12.2 Å². The summed E-state index contributed by atoms with van der Waals surface area (Å²) in [6.07, 6.45) is 3.57. The SMILES string of the molecule is CN(CCC(N)=S)C(=O)CCN1CCC(N(C)C)CC1. The van der Waals surface area contributed by atoms with E-state index in [-0.39, 0.29) is 5.91 Å². The van der Waals surface area contributed by atoms with Crippen molar-refractivity contribution in [2.75, 3.05) is 47.3 Å². The minimum absolute atomic E-state index is 0.177. The third kappa shape index (κ3) is 6.15. The molecule has 116 valence electrons. The fourth-order valence-electron chi connectivity index (χ4n) is 2.51. The summed E-state index contributed by atoms with van der Waals surface area (Å²) in [5, 5.41) is 0. The van der Waals surface area contributed by atoms with Crippen LogP contribution in [0.2, 0.25) is 0 Å². The number of hydrogen-bond acceptors (Lipinski definition) is 4. The molecule has 0 aromatic rings. The first-order valence-corrected chi connectivity index (χ1v) is 7.72. The fourth-order valence-corrected chi connectivity index (χ4v) is 2.60. The zero-order chi connectivity index (χ0) is 15.1. The van der Waals surface area contributed by atoms with Gasteiger partial charge in [0.25, 0.3) is 0 Å². The van der Waals surface area contributed by atoms with E-state index >= 15 is 0 Å². The number of hydrogen-bond donors (Lipinski definition) is 1. The van der Waals surface area contributed by atoms with Crippen molar-refractivity contribution in [1.82, 2.24) is 14.7 Å². The lowest BCUT2D eigenvalue weighted by Crippen LogP contribution is -2.43. The zero-order valence-electron chi connectivity index (χ0n) is 13.0. The van der Waals surface area contributed by atoms with Gasteiger partial charge in [-0.25, -0.2) is 0 Å². The summed E-state index contributed by atoms with van der Waals surface area (Å²) in [5.74, 6) is 0.177. The first-order chi connectivity index (χ1) is 9.40. The van der Waals surface area contributed by atoms with Crippen LogP contribution in [0.1, 0.15) is 25.7 Å². The van der Waals surface area contributed by atoms with Crippen molar-refractivity contribution in [2.45, 2.75) is 31.7 Å². The van der Waals surface area contributed by atoms with Crippen molar-refractivity contribution < 1.29 is 4.79 Å². The van der Waals surface area contributed by atoms with Gasteiger partial charge >= 0.3 is 0 Å². The van der Waals surface area contributed by atoms with Crippen LogP contribution in [-0.4, -0.2) is 79.0 Å². The summed E-state index contributed by atoms with van der Waals surface area (Å²) >= 11 is 4.83. The average molecular weight is 300 g/mol. The monoisotopic (exact) mass is 300 g/mol. The van der Waals surface area contributed by atoms with Crippen LogP contribution in [0.4, 0.5) is 0 Å². The molecule has 1 rings (SSSR count). The average Bonchev–Trinajstić information content (AvgIpc) is 2.42. The minimum Gasteiger partial charge on any atom is -0.393 e. The molecule has 20 heavy (non-hydrogen) atoms. The lowest BCUT2D eigenvalue weighted by Gasteiger charge is -2.35. The molecular weight excluding hydrogens is 272 g/mol. The molecule has 0 aliphatic carbocycles. The molecule has 0 aromatic heterocycles. The molecule has 1 heterocycles. The second-order valence-corrected chi connectivity index (χ2v) is 6.34. The highest BCUT2D eigenvalue weighted by Gasteiger charge is 2.21. The van der Waals surface area contributed by atoms with Crippen molar-refractivity contribution in [2.24, 2.45) is 5.73 Å². The van der Waals surface area contributed by atoms with Gasteiger partial charge in [-0.3, -0.25) is 4.79 Å². The Bertz CT molecular complexity index is 327. The molecule has 1 saturated heterocycles. The van der Waals surface area contributed by atoms with Crippen LogP contribution in [0.3, 0.4) is 0 Å². The predicted octanol–water partition coefficient (Wildman–Crippen LogP) is 0.537. The predicted molar refractivity (Wildman–Crippen MR) is 86.8 cm³/mol. The van der Waals surface area contributed by atoms with Crippen molar-refractivity contribution in [1.29, 1.82) is 0 Å². The standard InChI is InChI=1S/C14H28N4OS/c1-16(2)12-4-9-18(10-5-12)11-7-14(19)17(3)8-6-13(15)20/h12H,4-11H2,1-3H3,(H2,15,20). The van der Waals surface area contributed by atoms with Crippen LogP contribution in [0.15, 0.2) is 0 Å². The normalized spacial score (nSPS) is 17.4. The molecule has 1 aliphatic rings. The fraction of sp³-hybridized carbons (Fsp3) is 0.857. The van der Waals surface area contributed by atoms with Gasteiger partial charge < -0.3 is 20.4 Å². The van der Waals surface area contributed by atoms with E-state index in [2.05, 4.69) is 23.9 Å². The van der Waals surface area contributed by atoms with E-state index in [0.29, 0.717) is 30.4 Å². The molecule has 0 radical (unpaired) electrons. The Morgan fingerprint density at radius 2 is 1.85 bits per heavy atom. The molecule has 6 heteroatoms. The second-order valence-electron chi connectivity index (χ2n) is 5.82. The summed E-state index contributed by atoms with van der Waals surface area (Å²) in [6, 6.07) is 0.690. The van der Waals surface area contributed by atoms with Gasteiger partial charge in [-0.05, 0) is 40.0 Å². The highest BCUT2D eigenvalue weighted by Crippen LogP contribution is 2.14. The van der Waals surface area contributed by atoms with Crippen LogP contribution in [0, 0.1) is 0 Å². The first kappa shape index (κ1) is 17.3. The maximum atomic E-state index is 12.0. The molecule has 1 amide bonds. The molecule has 0 atom stereocenters. The molecule has 0 bridgehead atoms. The topological polar surface area (TPSA) is 52.8 Å². The van der Waals surface area contributed by atoms with E-state index < -0.39 is 0 Å². The molecule has 0 saturated carbocycles. The van der Waals surface area contributed by atoms with Gasteiger partial charge in [-0.2, -0.15) is 0 Å². The number of carbonyl (C=O) groups excluding carboxylic acids is 1. The van der Waals surface area contributed by atoms with E-state index in [4.69, 9.17) is 18.0 Å². The van der Waals surface area contributed by atoms with E-state index in [1.165, 1.54) is 12.8 Å². The molecule has 1 aliphatic heterocycles. The number of nitrogens with two attached hydrogens (primary N) is 1. The molecule has 2 N–H and O–H groups in total. The maximum Gasteiger partial charge on any atom is 0.223 e. The van der Waals surface area contributed by atoms with Gasteiger partial charge in [-0.15, -0.1) is 0 Å². The molecule has 0 spiro atoms. The Morgan fingerprint density at radius 1 is 1.25 bits per heavy atom. The van der Waals surface area contributed by atoms with E-state index in [1.54, 1.807) is 4.90 Å². The maximum absolute atomic E-state index is 12.0. The van der Waals surface area contributed by atoms with Crippen LogP contribution in [-0.2, 0) is 4.79 Å². The van der Waals surface area contributed by atoms with Crippen LogP contribution in [0.25, 0.3) is 0 Å². The number of nitrogens with zero attached hydrogens (tertiary/aromatic N) is 3. The summed E-state index contributed by atoms with van der Waals surface area (Å²) in [5.41, 5.74) is 5.45. The Kier molecular flexibility index (Phi) is 7.40. The van der Waals surface area contributed by atoms with Gasteiger partial charge in [0.1, 0.15) is 0 Å². The number of carbonyl (C=O) groups is 1. The van der Waals surface area contributed by atoms with Crippen LogP contribution in [0.5, 0.6) is 0 Å². The Balaban J connectivity index is 2.20. The minimum atomic E-state index is 0.177. The zero-order valence-corrected chi connectivity index (χ0v) is 13.8.